The summed E-state index contributed by atoms with van der Waals surface area (Å²) in [6.45, 7) is 0. The quantitative estimate of drug-likeness (QED) is 0.562. The van der Waals surface area contributed by atoms with Gasteiger partial charge in [-0.25, -0.2) is 0 Å². The van der Waals surface area contributed by atoms with Gasteiger partial charge in [0.05, 0.1) is 0 Å². The van der Waals surface area contributed by atoms with Crippen LogP contribution >= 0.6 is 0 Å². The number of hydrogen-bond acceptors (Lipinski definition) is 0. The fourth-order valence-corrected chi connectivity index (χ4v) is 8.60. The lowest BCUT2D eigenvalue weighted by molar-refractivity contribution is 0.233. The first-order valence-electron chi connectivity index (χ1n) is 10.1. The molecule has 0 spiro atoms. The smallest absolute Gasteiger partial charge is 0.0383 e. The van der Waals surface area contributed by atoms with Crippen molar-refractivity contribution < 1.29 is 0 Å². The molecule has 4 aliphatic carbocycles. The van der Waals surface area contributed by atoms with Gasteiger partial charge in [-0.2, -0.15) is 0 Å². The van der Waals surface area contributed by atoms with Crippen LogP contribution in [0.4, 0.5) is 0 Å². The van der Waals surface area contributed by atoms with E-state index in [0.717, 1.165) is 35.5 Å². The Morgan fingerprint density at radius 1 is 0.524 bits per heavy atom. The van der Waals surface area contributed by atoms with Crippen molar-refractivity contribution in [2.75, 3.05) is 0 Å². The van der Waals surface area contributed by atoms with Crippen molar-refractivity contribution in [3.8, 4) is 0 Å². The summed E-state index contributed by atoms with van der Waals surface area (Å²) in [6.07, 6.45) is 18.9. The van der Waals surface area contributed by atoms with Crippen molar-refractivity contribution in [1.29, 1.82) is 0 Å². The van der Waals surface area contributed by atoms with Crippen molar-refractivity contribution in [3.05, 3.63) is 0 Å². The van der Waals surface area contributed by atoms with Gasteiger partial charge in [-0.3, -0.25) is 0 Å². The van der Waals surface area contributed by atoms with Gasteiger partial charge in [0.25, 0.3) is 0 Å². The Morgan fingerprint density at radius 3 is 1.52 bits per heavy atom. The molecule has 118 valence electrons. The van der Waals surface area contributed by atoms with E-state index in [1.54, 1.807) is 89.1 Å². The van der Waals surface area contributed by atoms with Gasteiger partial charge in [0.15, 0.2) is 0 Å². The monoisotopic (exact) mass is 302 g/mol. The predicted molar refractivity (Wildman–Crippen MR) is 91.7 cm³/mol. The number of fused-ring (bicyclic) bond motifs is 2. The second-order valence-corrected chi connectivity index (χ2v) is 10.1. The zero-order valence-corrected chi connectivity index (χ0v) is 14.9. The van der Waals surface area contributed by atoms with Crippen LogP contribution in [0.1, 0.15) is 77.0 Å². The molecule has 0 nitrogen and oxygen atoms in total. The molecular formula is C20H34Si. The van der Waals surface area contributed by atoms with Gasteiger partial charge in [0.1, 0.15) is 0 Å². The van der Waals surface area contributed by atoms with Gasteiger partial charge in [-0.15, -0.1) is 0 Å². The Bertz CT molecular complexity index is 307. The first-order valence-corrected chi connectivity index (χ1v) is 11.5. The molecule has 1 heteroatoms. The highest BCUT2D eigenvalue weighted by molar-refractivity contribution is 6.35. The third kappa shape index (κ3) is 3.14. The standard InChI is InChI=1S/C20H34Si/c1-3-7-19-15(5-1)9-11-17(19)13-21-14-18-12-10-16-6-2-4-8-20(16)18/h15-20H,1-14H2. The summed E-state index contributed by atoms with van der Waals surface area (Å²) in [4.78, 5) is 0. The van der Waals surface area contributed by atoms with Crippen LogP contribution in [0, 0.1) is 35.5 Å². The largest absolute Gasteiger partial charge is 0.0581 e. The van der Waals surface area contributed by atoms with Crippen molar-refractivity contribution in [2.45, 2.75) is 89.1 Å². The minimum absolute atomic E-state index is 1.15. The Hall–Kier alpha value is 0.217. The van der Waals surface area contributed by atoms with Crippen LogP contribution in [-0.2, 0) is 0 Å². The molecular weight excluding hydrogens is 268 g/mol. The average Bonchev–Trinajstić information content (AvgIpc) is 3.13. The Kier molecular flexibility index (Phi) is 4.76. The molecule has 2 radical (unpaired) electrons. The highest BCUT2D eigenvalue weighted by Gasteiger charge is 2.39. The SMILES string of the molecule is C1CCC2C(C1)CCC2C[Si]CC1CCC2CCCCC21. The van der Waals surface area contributed by atoms with Crippen LogP contribution in [0.3, 0.4) is 0 Å². The van der Waals surface area contributed by atoms with Crippen LogP contribution in [0.15, 0.2) is 0 Å². The highest BCUT2D eigenvalue weighted by atomic mass is 28.2. The zero-order valence-electron chi connectivity index (χ0n) is 13.9. The maximum atomic E-state index is 1.62. The zero-order chi connectivity index (χ0) is 14.1. The van der Waals surface area contributed by atoms with Gasteiger partial charge in [-0.05, 0) is 61.2 Å². The molecule has 0 aromatic carbocycles. The maximum absolute atomic E-state index is 1.62. The van der Waals surface area contributed by atoms with E-state index in [0.29, 0.717) is 0 Å². The maximum Gasteiger partial charge on any atom is 0.0383 e. The lowest BCUT2D eigenvalue weighted by Crippen LogP contribution is -2.22. The molecule has 0 aliphatic heterocycles. The summed E-state index contributed by atoms with van der Waals surface area (Å²) in [6, 6.07) is 3.24. The molecule has 4 aliphatic rings. The van der Waals surface area contributed by atoms with E-state index in [1.165, 1.54) is 9.52 Å². The first kappa shape index (κ1) is 14.8. The molecule has 0 saturated heterocycles. The fourth-order valence-electron chi connectivity index (χ4n) is 6.68. The molecule has 0 amide bonds. The highest BCUT2D eigenvalue weighted by Crippen LogP contribution is 2.49. The molecule has 6 atom stereocenters. The van der Waals surface area contributed by atoms with Gasteiger partial charge in [-0.1, -0.05) is 63.5 Å². The van der Waals surface area contributed by atoms with E-state index in [9.17, 15) is 0 Å². The topological polar surface area (TPSA) is 0 Å². The molecule has 0 heterocycles. The van der Waals surface area contributed by atoms with E-state index in [-0.39, 0.29) is 0 Å². The van der Waals surface area contributed by atoms with Crippen LogP contribution < -0.4 is 0 Å². The van der Waals surface area contributed by atoms with Crippen molar-refractivity contribution >= 4 is 9.52 Å². The minimum Gasteiger partial charge on any atom is -0.0581 e. The average molecular weight is 303 g/mol. The van der Waals surface area contributed by atoms with Crippen molar-refractivity contribution in [3.63, 3.8) is 0 Å². The third-order valence-corrected chi connectivity index (χ3v) is 9.40. The number of hydrogen-bond donors (Lipinski definition) is 0. The molecule has 0 aromatic rings. The fraction of sp³-hybridized carbons (Fsp3) is 1.00. The Labute approximate surface area is 134 Å². The van der Waals surface area contributed by atoms with Crippen LogP contribution in [0.25, 0.3) is 0 Å². The van der Waals surface area contributed by atoms with E-state index in [4.69, 9.17) is 0 Å². The van der Waals surface area contributed by atoms with Crippen molar-refractivity contribution in [1.82, 2.24) is 0 Å². The van der Waals surface area contributed by atoms with Crippen LogP contribution in [0.5, 0.6) is 0 Å². The molecule has 0 bridgehead atoms. The van der Waals surface area contributed by atoms with Crippen LogP contribution in [-0.4, -0.2) is 9.52 Å². The lowest BCUT2D eigenvalue weighted by Gasteiger charge is -2.31. The minimum atomic E-state index is 1.15. The molecule has 6 unspecified atom stereocenters. The Balaban J connectivity index is 1.23. The van der Waals surface area contributed by atoms with Gasteiger partial charge in [0, 0.05) is 9.52 Å². The van der Waals surface area contributed by atoms with Gasteiger partial charge in [0.2, 0.25) is 0 Å². The normalized spacial score (nSPS) is 46.3. The molecule has 0 N–H and O–H groups in total. The van der Waals surface area contributed by atoms with Gasteiger partial charge >= 0.3 is 0 Å². The molecule has 4 rings (SSSR count). The van der Waals surface area contributed by atoms with Crippen molar-refractivity contribution in [2.24, 2.45) is 35.5 Å². The second kappa shape index (κ2) is 6.77. The Morgan fingerprint density at radius 2 is 1.00 bits per heavy atom. The molecule has 0 aromatic heterocycles. The van der Waals surface area contributed by atoms with E-state index in [1.807, 2.05) is 0 Å². The van der Waals surface area contributed by atoms with Crippen LogP contribution in [0.2, 0.25) is 12.1 Å². The summed E-state index contributed by atoms with van der Waals surface area (Å²) < 4.78 is 0. The molecule has 4 saturated carbocycles. The van der Waals surface area contributed by atoms with Gasteiger partial charge < -0.3 is 0 Å². The third-order valence-electron chi connectivity index (χ3n) is 7.78. The molecule has 4 fully saturated rings. The summed E-state index contributed by atoms with van der Waals surface area (Å²) in [5, 5.41) is 0. The number of rotatable bonds is 4. The van der Waals surface area contributed by atoms with E-state index in [2.05, 4.69) is 0 Å². The van der Waals surface area contributed by atoms with E-state index < -0.39 is 0 Å². The van der Waals surface area contributed by atoms with E-state index >= 15 is 0 Å². The first-order chi connectivity index (χ1) is 10.4. The lowest BCUT2D eigenvalue weighted by atomic mass is 9.78. The molecule has 21 heavy (non-hydrogen) atoms. The second-order valence-electron chi connectivity index (χ2n) is 8.75. The summed E-state index contributed by atoms with van der Waals surface area (Å²) in [5.41, 5.74) is 0. The summed E-state index contributed by atoms with van der Waals surface area (Å²) in [5.74, 6) is 6.94. The predicted octanol–water partition coefficient (Wildman–Crippen LogP) is 5.96. The summed E-state index contributed by atoms with van der Waals surface area (Å²) >= 11 is 0. The summed E-state index contributed by atoms with van der Waals surface area (Å²) in [7, 11) is 1.31.